The molecule has 0 aliphatic carbocycles. The van der Waals surface area contributed by atoms with Crippen LogP contribution in [-0.2, 0) is 31.6 Å². The van der Waals surface area contributed by atoms with E-state index in [1.54, 1.807) is 6.92 Å². The zero-order valence-electron chi connectivity index (χ0n) is 26.2. The third kappa shape index (κ3) is 9.09. The van der Waals surface area contributed by atoms with Gasteiger partial charge in [0.2, 0.25) is 11.9 Å². The molecule has 1 aliphatic rings. The Kier molecular flexibility index (Phi) is 10.9. The highest BCUT2D eigenvalue weighted by molar-refractivity contribution is 5.78. The average Bonchev–Trinajstić information content (AvgIpc) is 3.42. The van der Waals surface area contributed by atoms with Crippen molar-refractivity contribution in [1.82, 2.24) is 25.1 Å². The summed E-state index contributed by atoms with van der Waals surface area (Å²) in [5, 5.41) is 8.63. The number of alkyl halides is 9. The lowest BCUT2D eigenvalue weighted by Gasteiger charge is -2.38. The van der Waals surface area contributed by atoms with Crippen molar-refractivity contribution in [3.05, 3.63) is 81.5 Å². The molecule has 3 aromatic rings. The zero-order chi connectivity index (χ0) is 35.6. The van der Waals surface area contributed by atoms with E-state index in [9.17, 15) is 39.5 Å². The number of likely N-dealkylation sites (tertiary alicyclic amines) is 1. The standard InChI is InChI=1S/C30H35F9N8O/c1-4-25(46-9-5-6-19(15-46)26-42-17(2)48-44-26)24-8-7-21(28(31,32)33)12-20(24)16-47(27(40)43-45(3)41)14-18-10-22(29(34,35)36)13-23(11-18)30(37,38)39/h7-8,10-13,19,25H,4-6,9,14-16,41H2,1-3H3,(H2,40,43). The van der Waals surface area contributed by atoms with Crippen LogP contribution in [-0.4, -0.2) is 51.2 Å². The topological polar surface area (TPSA) is 113 Å². The van der Waals surface area contributed by atoms with Gasteiger partial charge in [0.25, 0.3) is 0 Å². The molecule has 9 nitrogen and oxygen atoms in total. The lowest BCUT2D eigenvalue weighted by Crippen LogP contribution is -2.40. The molecule has 2 unspecified atom stereocenters. The first kappa shape index (κ1) is 36.8. The fourth-order valence-electron chi connectivity index (χ4n) is 5.88. The van der Waals surface area contributed by atoms with Gasteiger partial charge in [-0.2, -0.15) is 44.5 Å². The van der Waals surface area contributed by atoms with Crippen molar-refractivity contribution in [2.75, 3.05) is 20.1 Å². The summed E-state index contributed by atoms with van der Waals surface area (Å²) < 4.78 is 129. The molecular weight excluding hydrogens is 659 g/mol. The molecule has 48 heavy (non-hydrogen) atoms. The van der Waals surface area contributed by atoms with E-state index in [1.165, 1.54) is 13.1 Å². The van der Waals surface area contributed by atoms with Crippen molar-refractivity contribution >= 4 is 5.96 Å². The van der Waals surface area contributed by atoms with E-state index in [0.717, 1.165) is 35.0 Å². The van der Waals surface area contributed by atoms with Crippen LogP contribution in [0.2, 0.25) is 0 Å². The minimum Gasteiger partial charge on any atom is -0.368 e. The number of hydrogen-bond donors (Lipinski definition) is 2. The number of piperidine rings is 1. The third-order valence-electron chi connectivity index (χ3n) is 7.98. The third-order valence-corrected chi connectivity index (χ3v) is 7.98. The van der Waals surface area contributed by atoms with E-state index >= 15 is 0 Å². The van der Waals surface area contributed by atoms with E-state index in [0.29, 0.717) is 48.9 Å². The van der Waals surface area contributed by atoms with Crippen molar-refractivity contribution in [2.24, 2.45) is 16.7 Å². The van der Waals surface area contributed by atoms with Gasteiger partial charge in [-0.1, -0.05) is 18.1 Å². The molecule has 18 heteroatoms. The molecule has 0 radical (unpaired) electrons. The Labute approximate surface area is 270 Å². The summed E-state index contributed by atoms with van der Waals surface area (Å²) in [4.78, 5) is 7.49. The molecule has 4 N–H and O–H groups in total. The van der Waals surface area contributed by atoms with Crippen LogP contribution in [0.25, 0.3) is 0 Å². The number of hydrogen-bond acceptors (Lipinski definition) is 7. The molecular formula is C30H35F9N8O. The normalized spacial score (nSPS) is 17.4. The fraction of sp³-hybridized carbons (Fsp3) is 0.500. The summed E-state index contributed by atoms with van der Waals surface area (Å²) in [6.45, 7) is 3.44. The molecule has 1 aromatic heterocycles. The highest BCUT2D eigenvalue weighted by atomic mass is 19.4. The maximum Gasteiger partial charge on any atom is 0.416 e. The largest absolute Gasteiger partial charge is 0.416 e. The van der Waals surface area contributed by atoms with E-state index in [1.807, 2.05) is 6.92 Å². The van der Waals surface area contributed by atoms with Gasteiger partial charge >= 0.3 is 18.5 Å². The van der Waals surface area contributed by atoms with Gasteiger partial charge in [-0.15, -0.1) is 5.10 Å². The number of rotatable bonds is 9. The molecule has 0 bridgehead atoms. The van der Waals surface area contributed by atoms with Gasteiger partial charge in [-0.3, -0.25) is 4.90 Å². The smallest absolute Gasteiger partial charge is 0.368 e. The summed E-state index contributed by atoms with van der Waals surface area (Å²) >= 11 is 0. The molecule has 4 rings (SSSR count). The summed E-state index contributed by atoms with van der Waals surface area (Å²) in [6, 6.07) is 3.78. The molecule has 2 heterocycles. The monoisotopic (exact) mass is 694 g/mol. The first-order chi connectivity index (χ1) is 22.3. The predicted molar refractivity (Wildman–Crippen MR) is 156 cm³/mol. The molecule has 0 spiro atoms. The van der Waals surface area contributed by atoms with Crippen molar-refractivity contribution < 1.29 is 44.0 Å². The average molecular weight is 695 g/mol. The summed E-state index contributed by atoms with van der Waals surface area (Å²) in [6.07, 6.45) is -13.0. The second-order valence-electron chi connectivity index (χ2n) is 11.6. The summed E-state index contributed by atoms with van der Waals surface area (Å²) in [5.74, 6) is 5.94. The second kappa shape index (κ2) is 14.2. The number of nitrogens with two attached hydrogens (primary N) is 2. The van der Waals surface area contributed by atoms with Gasteiger partial charge in [-0.25, -0.2) is 11.0 Å². The quantitative estimate of drug-likeness (QED) is 0.0827. The number of benzene rings is 2. The van der Waals surface area contributed by atoms with E-state index in [2.05, 4.69) is 20.1 Å². The maximum absolute atomic E-state index is 14.0. The predicted octanol–water partition coefficient (Wildman–Crippen LogP) is 6.80. The minimum absolute atomic E-state index is 0.0164. The molecule has 1 aliphatic heterocycles. The van der Waals surface area contributed by atoms with Gasteiger partial charge in [-0.05, 0) is 72.8 Å². The van der Waals surface area contributed by atoms with Crippen molar-refractivity contribution in [3.63, 3.8) is 0 Å². The van der Waals surface area contributed by atoms with Crippen LogP contribution < -0.4 is 11.6 Å². The lowest BCUT2D eigenvalue weighted by atomic mass is 9.90. The molecule has 2 atom stereocenters. The minimum atomic E-state index is -5.12. The Morgan fingerprint density at radius 3 is 2.12 bits per heavy atom. The highest BCUT2D eigenvalue weighted by Gasteiger charge is 2.38. The Balaban J connectivity index is 1.79. The maximum atomic E-state index is 14.0. The zero-order valence-corrected chi connectivity index (χ0v) is 26.2. The molecule has 264 valence electrons. The number of halogens is 9. The van der Waals surface area contributed by atoms with E-state index in [4.69, 9.17) is 16.1 Å². The Bertz CT molecular complexity index is 1550. The fourth-order valence-corrected chi connectivity index (χ4v) is 5.88. The van der Waals surface area contributed by atoms with Crippen molar-refractivity contribution in [1.29, 1.82) is 0 Å². The Morgan fingerprint density at radius 2 is 1.60 bits per heavy atom. The molecule has 0 saturated carbocycles. The van der Waals surface area contributed by atoms with Crippen LogP contribution >= 0.6 is 0 Å². The van der Waals surface area contributed by atoms with Crippen LogP contribution in [0.15, 0.2) is 46.0 Å². The number of aryl methyl sites for hydroxylation is 1. The highest BCUT2D eigenvalue weighted by Crippen LogP contribution is 2.39. The molecule has 1 saturated heterocycles. The molecule has 1 fully saturated rings. The van der Waals surface area contributed by atoms with Gasteiger partial charge < -0.3 is 15.2 Å². The first-order valence-electron chi connectivity index (χ1n) is 14.9. The summed E-state index contributed by atoms with van der Waals surface area (Å²) in [5.41, 5.74) is 2.12. The van der Waals surface area contributed by atoms with Crippen LogP contribution in [0.1, 0.15) is 83.2 Å². The van der Waals surface area contributed by atoms with Gasteiger partial charge in [0.1, 0.15) is 0 Å². The van der Waals surface area contributed by atoms with Crippen molar-refractivity contribution in [2.45, 2.75) is 76.7 Å². The van der Waals surface area contributed by atoms with Crippen LogP contribution in [0, 0.1) is 6.92 Å². The molecule has 0 amide bonds. The second-order valence-corrected chi connectivity index (χ2v) is 11.6. The lowest BCUT2D eigenvalue weighted by molar-refractivity contribution is -0.143. The van der Waals surface area contributed by atoms with E-state index < -0.39 is 65.9 Å². The van der Waals surface area contributed by atoms with Gasteiger partial charge in [0, 0.05) is 45.6 Å². The van der Waals surface area contributed by atoms with Crippen LogP contribution in [0.4, 0.5) is 39.5 Å². The van der Waals surface area contributed by atoms with Crippen LogP contribution in [0.3, 0.4) is 0 Å². The SMILES string of the molecule is CCC(c1ccc(C(F)(F)F)cc1CN(Cc1cc(C(F)(F)F)cc(C(F)(F)F)c1)/C(N)=N/N(C)N)N1CCCC(c2noc(C)n2)C1. The van der Waals surface area contributed by atoms with Crippen molar-refractivity contribution in [3.8, 4) is 0 Å². The number of aromatic nitrogens is 2. The summed E-state index contributed by atoms with van der Waals surface area (Å²) in [7, 11) is 1.26. The number of guanidine groups is 1. The van der Waals surface area contributed by atoms with Crippen LogP contribution in [0.5, 0.6) is 0 Å². The van der Waals surface area contributed by atoms with Gasteiger partial charge in [0.05, 0.1) is 16.7 Å². The van der Waals surface area contributed by atoms with Gasteiger partial charge in [0.15, 0.2) is 5.82 Å². The first-order valence-corrected chi connectivity index (χ1v) is 14.9. The van der Waals surface area contributed by atoms with E-state index in [-0.39, 0.29) is 17.5 Å². The Morgan fingerprint density at radius 1 is 0.979 bits per heavy atom. The number of hydrazone groups is 1. The number of hydrazine groups is 1. The molecule has 2 aromatic carbocycles. The Hall–Kier alpha value is -4.06. The number of nitrogens with zero attached hydrogens (tertiary/aromatic N) is 6.